The van der Waals surface area contributed by atoms with E-state index in [-0.39, 0.29) is 0 Å². The second kappa shape index (κ2) is 8.42. The van der Waals surface area contributed by atoms with Crippen LogP contribution in [0.15, 0.2) is 24.3 Å². The number of fused-ring (bicyclic) bond motifs is 1. The summed E-state index contributed by atoms with van der Waals surface area (Å²) >= 11 is 1.24. The van der Waals surface area contributed by atoms with Gasteiger partial charge in [-0.15, -0.1) is 11.3 Å². The standard InChI is InChI=1S/C18H20N2O5S/c1-24-12-5-6-13-14(11-12)26-17(19-13)16(18(22)23)25-15(7-10-21)20-8-3-2-4-9-20/h5-7,11,15-16H,2-4,8-9H2,1H3,(H,22,23). The van der Waals surface area contributed by atoms with Gasteiger partial charge >= 0.3 is 5.97 Å². The molecule has 2 aromatic rings. The summed E-state index contributed by atoms with van der Waals surface area (Å²) in [4.78, 5) is 29.1. The van der Waals surface area contributed by atoms with Gasteiger partial charge in [0.1, 0.15) is 22.9 Å². The maximum atomic E-state index is 11.8. The van der Waals surface area contributed by atoms with E-state index in [0.717, 1.165) is 37.1 Å². The molecule has 0 aliphatic carbocycles. The molecule has 1 fully saturated rings. The molecule has 1 aromatic heterocycles. The van der Waals surface area contributed by atoms with Crippen LogP contribution in [0, 0.1) is 0 Å². The second-order valence-corrected chi connectivity index (χ2v) is 7.07. The quantitative estimate of drug-likeness (QED) is 0.743. The van der Waals surface area contributed by atoms with Crippen LogP contribution in [0.2, 0.25) is 0 Å². The molecule has 1 aliphatic rings. The Kier molecular flexibility index (Phi) is 6.00. The van der Waals surface area contributed by atoms with Gasteiger partial charge in [0.2, 0.25) is 6.10 Å². The highest BCUT2D eigenvalue weighted by Gasteiger charge is 2.30. The van der Waals surface area contributed by atoms with Crippen LogP contribution in [-0.2, 0) is 14.3 Å². The van der Waals surface area contributed by atoms with Gasteiger partial charge in [-0.1, -0.05) is 6.42 Å². The minimum Gasteiger partial charge on any atom is -0.497 e. The number of carboxylic acid groups (broad SMARTS) is 1. The Morgan fingerprint density at radius 2 is 2.15 bits per heavy atom. The molecule has 2 atom stereocenters. The first-order chi connectivity index (χ1) is 12.6. The summed E-state index contributed by atoms with van der Waals surface area (Å²) in [6.07, 6.45) is 2.36. The van der Waals surface area contributed by atoms with Gasteiger partial charge in [0, 0.05) is 19.2 Å². The first-order valence-corrected chi connectivity index (χ1v) is 9.22. The lowest BCUT2D eigenvalue weighted by Crippen LogP contribution is -2.41. The van der Waals surface area contributed by atoms with Crippen LogP contribution in [0.1, 0.15) is 30.4 Å². The number of ether oxygens (including phenoxy) is 2. The topological polar surface area (TPSA) is 89.0 Å². The van der Waals surface area contributed by atoms with Crippen LogP contribution in [-0.4, -0.2) is 53.3 Å². The van der Waals surface area contributed by atoms with E-state index in [1.165, 1.54) is 17.4 Å². The molecule has 3 rings (SSSR count). The summed E-state index contributed by atoms with van der Waals surface area (Å²) in [7, 11) is 1.57. The number of nitrogens with zero attached hydrogens (tertiary/aromatic N) is 2. The molecule has 26 heavy (non-hydrogen) atoms. The zero-order valence-corrected chi connectivity index (χ0v) is 15.2. The Morgan fingerprint density at radius 3 is 2.81 bits per heavy atom. The molecule has 0 spiro atoms. The largest absolute Gasteiger partial charge is 0.497 e. The fraction of sp³-hybridized carbons (Fsp3) is 0.444. The number of carbonyl (C=O) groups excluding carboxylic acids is 1. The van der Waals surface area contributed by atoms with Crippen LogP contribution >= 0.6 is 11.3 Å². The molecule has 7 nitrogen and oxygen atoms in total. The lowest BCUT2D eigenvalue weighted by molar-refractivity contribution is -0.160. The minimum atomic E-state index is -1.25. The maximum Gasteiger partial charge on any atom is 0.340 e. The third kappa shape index (κ3) is 4.11. The van der Waals surface area contributed by atoms with Crippen molar-refractivity contribution >= 4 is 33.5 Å². The molecule has 2 unspecified atom stereocenters. The molecular weight excluding hydrogens is 356 g/mol. The van der Waals surface area contributed by atoms with E-state index in [4.69, 9.17) is 9.47 Å². The van der Waals surface area contributed by atoms with Crippen LogP contribution < -0.4 is 4.74 Å². The number of methoxy groups -OCH3 is 1. The summed E-state index contributed by atoms with van der Waals surface area (Å²) in [5.74, 6) is 1.27. The molecule has 1 aliphatic heterocycles. The van der Waals surface area contributed by atoms with Gasteiger partial charge in [0.05, 0.1) is 17.3 Å². The van der Waals surface area contributed by atoms with E-state index in [9.17, 15) is 14.7 Å². The minimum absolute atomic E-state index is 0.335. The van der Waals surface area contributed by atoms with Gasteiger partial charge in [-0.25, -0.2) is 14.6 Å². The zero-order valence-electron chi connectivity index (χ0n) is 14.4. The third-order valence-electron chi connectivity index (χ3n) is 4.30. The molecule has 0 saturated carbocycles. The average Bonchev–Trinajstić information content (AvgIpc) is 3.08. The van der Waals surface area contributed by atoms with Crippen LogP contribution in [0.4, 0.5) is 0 Å². The summed E-state index contributed by atoms with van der Waals surface area (Å²) in [6.45, 7) is 1.51. The average molecular weight is 376 g/mol. The number of likely N-dealkylation sites (tertiary alicyclic amines) is 1. The molecule has 1 aromatic carbocycles. The molecular formula is C18H20N2O5S. The predicted octanol–water partition coefficient (Wildman–Crippen LogP) is 2.65. The van der Waals surface area contributed by atoms with Crippen molar-refractivity contribution in [3.05, 3.63) is 29.3 Å². The third-order valence-corrected chi connectivity index (χ3v) is 5.36. The van der Waals surface area contributed by atoms with Crippen molar-refractivity contribution in [2.24, 2.45) is 0 Å². The van der Waals surface area contributed by atoms with E-state index in [1.807, 2.05) is 11.0 Å². The number of thiazole rings is 1. The van der Waals surface area contributed by atoms with Crippen molar-refractivity contribution in [3.8, 4) is 5.75 Å². The van der Waals surface area contributed by atoms with Crippen LogP contribution in [0.3, 0.4) is 0 Å². The molecule has 0 amide bonds. The van der Waals surface area contributed by atoms with E-state index in [0.29, 0.717) is 16.3 Å². The normalized spacial score (nSPS) is 17.4. The Morgan fingerprint density at radius 1 is 1.38 bits per heavy atom. The summed E-state index contributed by atoms with van der Waals surface area (Å²) < 4.78 is 11.8. The number of piperidine rings is 1. The van der Waals surface area contributed by atoms with Crippen molar-refractivity contribution in [1.82, 2.24) is 9.88 Å². The number of rotatable bonds is 7. The molecule has 8 heteroatoms. The van der Waals surface area contributed by atoms with E-state index >= 15 is 0 Å². The molecule has 1 saturated heterocycles. The van der Waals surface area contributed by atoms with Crippen LogP contribution in [0.25, 0.3) is 10.2 Å². The Labute approximate surface area is 154 Å². The van der Waals surface area contributed by atoms with Crippen molar-refractivity contribution in [3.63, 3.8) is 0 Å². The first-order valence-electron chi connectivity index (χ1n) is 8.40. The van der Waals surface area contributed by atoms with Gasteiger partial charge in [-0.3, -0.25) is 4.90 Å². The Balaban J connectivity index is 1.87. The molecule has 0 bridgehead atoms. The van der Waals surface area contributed by atoms with Crippen molar-refractivity contribution in [1.29, 1.82) is 0 Å². The van der Waals surface area contributed by atoms with Gasteiger partial charge in [-0.2, -0.15) is 0 Å². The number of aromatic nitrogens is 1. The lowest BCUT2D eigenvalue weighted by atomic mass is 10.1. The van der Waals surface area contributed by atoms with Gasteiger partial charge in [-0.05, 0) is 31.0 Å². The number of carboxylic acids is 1. The Hall–Kier alpha value is -2.25. The first kappa shape index (κ1) is 18.5. The van der Waals surface area contributed by atoms with Crippen molar-refractivity contribution < 1.29 is 24.2 Å². The van der Waals surface area contributed by atoms with Gasteiger partial charge < -0.3 is 14.6 Å². The highest BCUT2D eigenvalue weighted by Crippen LogP contribution is 2.32. The highest BCUT2D eigenvalue weighted by molar-refractivity contribution is 7.18. The number of hydrogen-bond donors (Lipinski definition) is 1. The molecule has 0 radical (unpaired) electrons. The van der Waals surface area contributed by atoms with E-state index in [1.54, 1.807) is 25.2 Å². The number of benzene rings is 1. The fourth-order valence-corrected chi connectivity index (χ4v) is 4.01. The highest BCUT2D eigenvalue weighted by atomic mass is 32.1. The van der Waals surface area contributed by atoms with Gasteiger partial charge in [0.25, 0.3) is 0 Å². The monoisotopic (exact) mass is 376 g/mol. The van der Waals surface area contributed by atoms with Crippen LogP contribution in [0.5, 0.6) is 5.75 Å². The number of hydrogen-bond acceptors (Lipinski definition) is 7. The summed E-state index contributed by atoms with van der Waals surface area (Å²) in [5, 5.41) is 9.99. The molecule has 2 heterocycles. The van der Waals surface area contributed by atoms with E-state index < -0.39 is 18.3 Å². The maximum absolute atomic E-state index is 11.8. The fourth-order valence-electron chi connectivity index (χ4n) is 2.99. The van der Waals surface area contributed by atoms with Crippen molar-refractivity contribution in [2.45, 2.75) is 31.6 Å². The summed E-state index contributed by atoms with van der Waals surface area (Å²) in [5.41, 5.74) is 0.682. The number of aliphatic carboxylic acids is 1. The Bertz CT molecular complexity index is 824. The summed E-state index contributed by atoms with van der Waals surface area (Å²) in [6, 6.07) is 5.36. The lowest BCUT2D eigenvalue weighted by Gasteiger charge is -2.32. The van der Waals surface area contributed by atoms with Gasteiger partial charge in [0.15, 0.2) is 0 Å². The molecule has 138 valence electrons. The van der Waals surface area contributed by atoms with Crippen molar-refractivity contribution in [2.75, 3.05) is 20.2 Å². The second-order valence-electron chi connectivity index (χ2n) is 6.01. The predicted molar refractivity (Wildman–Crippen MR) is 97.1 cm³/mol. The zero-order chi connectivity index (χ0) is 18.5. The van der Waals surface area contributed by atoms with E-state index in [2.05, 4.69) is 4.98 Å². The smallest absolute Gasteiger partial charge is 0.340 e. The molecule has 1 N–H and O–H groups in total. The SMILES string of the molecule is COc1ccc2nc(C(OC(C=C=O)N3CCCCC3)C(=O)O)sc2c1. The number of carbonyl (C=O) groups is 1.